The quantitative estimate of drug-likeness (QED) is 0.530. The summed E-state index contributed by atoms with van der Waals surface area (Å²) < 4.78 is 29.3. The number of nitrogens with one attached hydrogen (secondary N) is 1. The molecule has 1 N–H and O–H groups in total. The van der Waals surface area contributed by atoms with E-state index in [0.717, 1.165) is 15.8 Å². The standard InChI is InChI=1S/C18H12F2N4OS/c19-18(20)25-13-5-1-4-12(9-13)22-16-14-6-8-26-17(14)24-15(23-16)11-3-2-7-21-10-11/h1-10,18H,(H,22,23,24). The summed E-state index contributed by atoms with van der Waals surface area (Å²) in [5.74, 6) is 1.20. The minimum Gasteiger partial charge on any atom is -0.435 e. The lowest BCUT2D eigenvalue weighted by Gasteiger charge is -2.11. The molecule has 26 heavy (non-hydrogen) atoms. The Hall–Kier alpha value is -3.13. The predicted octanol–water partition coefficient (Wildman–Crippen LogP) is 5.10. The van der Waals surface area contributed by atoms with Crippen LogP contribution in [0.1, 0.15) is 0 Å². The third kappa shape index (κ3) is 3.45. The van der Waals surface area contributed by atoms with E-state index >= 15 is 0 Å². The van der Waals surface area contributed by atoms with Crippen LogP contribution in [0.5, 0.6) is 5.75 Å². The van der Waals surface area contributed by atoms with Crippen molar-refractivity contribution in [1.82, 2.24) is 15.0 Å². The third-order valence-electron chi connectivity index (χ3n) is 3.57. The van der Waals surface area contributed by atoms with Crippen LogP contribution in [0.2, 0.25) is 0 Å². The molecule has 0 aliphatic rings. The van der Waals surface area contributed by atoms with Gasteiger partial charge in [0.05, 0.1) is 5.39 Å². The van der Waals surface area contributed by atoms with Crippen molar-refractivity contribution in [2.75, 3.05) is 5.32 Å². The molecule has 3 heterocycles. The number of anilines is 2. The molecule has 0 spiro atoms. The molecule has 0 radical (unpaired) electrons. The Kier molecular flexibility index (Phi) is 4.40. The highest BCUT2D eigenvalue weighted by Gasteiger charge is 2.12. The van der Waals surface area contributed by atoms with Gasteiger partial charge in [0, 0.05) is 29.7 Å². The number of pyridine rings is 1. The van der Waals surface area contributed by atoms with Gasteiger partial charge in [-0.25, -0.2) is 9.97 Å². The molecule has 130 valence electrons. The summed E-state index contributed by atoms with van der Waals surface area (Å²) >= 11 is 1.50. The van der Waals surface area contributed by atoms with Crippen molar-refractivity contribution in [2.24, 2.45) is 0 Å². The molecule has 0 saturated heterocycles. The van der Waals surface area contributed by atoms with E-state index in [9.17, 15) is 8.78 Å². The molecule has 4 rings (SSSR count). The average Bonchev–Trinajstić information content (AvgIpc) is 3.11. The summed E-state index contributed by atoms with van der Waals surface area (Å²) in [5, 5.41) is 5.94. The van der Waals surface area contributed by atoms with Crippen LogP contribution in [0, 0.1) is 0 Å². The van der Waals surface area contributed by atoms with Gasteiger partial charge in [0.1, 0.15) is 16.4 Å². The smallest absolute Gasteiger partial charge is 0.387 e. The van der Waals surface area contributed by atoms with Crippen LogP contribution in [0.15, 0.2) is 60.2 Å². The fourth-order valence-electron chi connectivity index (χ4n) is 2.46. The van der Waals surface area contributed by atoms with Gasteiger partial charge in [0.15, 0.2) is 5.82 Å². The normalized spacial score (nSPS) is 11.0. The van der Waals surface area contributed by atoms with Crippen LogP contribution in [-0.2, 0) is 0 Å². The van der Waals surface area contributed by atoms with Crippen molar-refractivity contribution in [1.29, 1.82) is 0 Å². The zero-order valence-corrected chi connectivity index (χ0v) is 14.1. The predicted molar refractivity (Wildman–Crippen MR) is 97.0 cm³/mol. The summed E-state index contributed by atoms with van der Waals surface area (Å²) in [6, 6.07) is 12.0. The van der Waals surface area contributed by atoms with Crippen molar-refractivity contribution in [3.05, 3.63) is 60.2 Å². The number of benzene rings is 1. The molecule has 4 aromatic rings. The molecule has 5 nitrogen and oxygen atoms in total. The van der Waals surface area contributed by atoms with E-state index in [2.05, 4.69) is 25.0 Å². The van der Waals surface area contributed by atoms with Crippen LogP contribution in [-0.4, -0.2) is 21.6 Å². The highest BCUT2D eigenvalue weighted by molar-refractivity contribution is 7.16. The monoisotopic (exact) mass is 370 g/mol. The Morgan fingerprint density at radius 1 is 1.08 bits per heavy atom. The number of rotatable bonds is 5. The fourth-order valence-corrected chi connectivity index (χ4v) is 3.23. The molecular formula is C18H12F2N4OS. The second-order valence-corrected chi connectivity index (χ2v) is 6.20. The van der Waals surface area contributed by atoms with Gasteiger partial charge in [-0.05, 0) is 35.7 Å². The SMILES string of the molecule is FC(F)Oc1cccc(Nc2nc(-c3cccnc3)nc3sccc23)c1. The zero-order chi connectivity index (χ0) is 17.9. The van der Waals surface area contributed by atoms with E-state index in [1.165, 1.54) is 23.5 Å². The average molecular weight is 370 g/mol. The first-order chi connectivity index (χ1) is 12.7. The van der Waals surface area contributed by atoms with E-state index in [-0.39, 0.29) is 5.75 Å². The molecule has 0 amide bonds. The first kappa shape index (κ1) is 16.3. The van der Waals surface area contributed by atoms with Gasteiger partial charge in [-0.3, -0.25) is 4.98 Å². The maximum absolute atomic E-state index is 12.4. The van der Waals surface area contributed by atoms with E-state index in [0.29, 0.717) is 17.3 Å². The summed E-state index contributed by atoms with van der Waals surface area (Å²) in [5.41, 5.74) is 1.38. The van der Waals surface area contributed by atoms with E-state index in [1.807, 2.05) is 23.6 Å². The van der Waals surface area contributed by atoms with Gasteiger partial charge in [0.25, 0.3) is 0 Å². The lowest BCUT2D eigenvalue weighted by molar-refractivity contribution is -0.0497. The van der Waals surface area contributed by atoms with Gasteiger partial charge in [-0.2, -0.15) is 8.78 Å². The van der Waals surface area contributed by atoms with Crippen LogP contribution in [0.4, 0.5) is 20.3 Å². The Morgan fingerprint density at radius 3 is 2.81 bits per heavy atom. The van der Waals surface area contributed by atoms with Gasteiger partial charge >= 0.3 is 6.61 Å². The summed E-state index contributed by atoms with van der Waals surface area (Å²) in [7, 11) is 0. The number of nitrogens with zero attached hydrogens (tertiary/aromatic N) is 3. The maximum Gasteiger partial charge on any atom is 0.387 e. The number of thiophene rings is 1. The second kappa shape index (κ2) is 7.01. The number of ether oxygens (including phenoxy) is 1. The number of aromatic nitrogens is 3. The van der Waals surface area contributed by atoms with Crippen molar-refractivity contribution in [3.63, 3.8) is 0 Å². The van der Waals surface area contributed by atoms with Crippen molar-refractivity contribution >= 4 is 33.1 Å². The Bertz CT molecular complexity index is 1040. The first-order valence-corrected chi connectivity index (χ1v) is 8.54. The molecule has 0 fully saturated rings. The summed E-state index contributed by atoms with van der Waals surface area (Å²) in [6.45, 7) is -2.87. The van der Waals surface area contributed by atoms with Gasteiger partial charge < -0.3 is 10.1 Å². The minimum absolute atomic E-state index is 0.0769. The largest absolute Gasteiger partial charge is 0.435 e. The van der Waals surface area contributed by atoms with E-state index in [4.69, 9.17) is 0 Å². The first-order valence-electron chi connectivity index (χ1n) is 7.66. The molecule has 0 aliphatic heterocycles. The van der Waals surface area contributed by atoms with Crippen molar-refractivity contribution in [3.8, 4) is 17.1 Å². The Balaban J connectivity index is 1.73. The summed E-state index contributed by atoms with van der Waals surface area (Å²) in [4.78, 5) is 14.1. The molecule has 0 aliphatic carbocycles. The fraction of sp³-hybridized carbons (Fsp3) is 0.0556. The molecule has 8 heteroatoms. The molecule has 0 saturated carbocycles. The zero-order valence-electron chi connectivity index (χ0n) is 13.3. The highest BCUT2D eigenvalue weighted by Crippen LogP contribution is 2.31. The molecular weight excluding hydrogens is 358 g/mol. The molecule has 1 aromatic carbocycles. The number of hydrogen-bond donors (Lipinski definition) is 1. The molecule has 0 bridgehead atoms. The van der Waals surface area contributed by atoms with E-state index in [1.54, 1.807) is 24.5 Å². The minimum atomic E-state index is -2.87. The number of alkyl halides is 2. The lowest BCUT2D eigenvalue weighted by atomic mass is 10.2. The molecule has 3 aromatic heterocycles. The van der Waals surface area contributed by atoms with Gasteiger partial charge in [0.2, 0.25) is 0 Å². The van der Waals surface area contributed by atoms with Crippen molar-refractivity contribution < 1.29 is 13.5 Å². The van der Waals surface area contributed by atoms with Gasteiger partial charge in [-0.15, -0.1) is 11.3 Å². The van der Waals surface area contributed by atoms with Crippen LogP contribution in [0.25, 0.3) is 21.6 Å². The third-order valence-corrected chi connectivity index (χ3v) is 4.37. The van der Waals surface area contributed by atoms with Crippen LogP contribution < -0.4 is 10.1 Å². The van der Waals surface area contributed by atoms with Gasteiger partial charge in [-0.1, -0.05) is 6.07 Å². The van der Waals surface area contributed by atoms with Crippen molar-refractivity contribution in [2.45, 2.75) is 6.61 Å². The topological polar surface area (TPSA) is 59.9 Å². The molecule has 0 atom stereocenters. The second-order valence-electron chi connectivity index (χ2n) is 5.31. The van der Waals surface area contributed by atoms with Crippen LogP contribution in [0.3, 0.4) is 0 Å². The molecule has 0 unspecified atom stereocenters. The maximum atomic E-state index is 12.4. The lowest BCUT2D eigenvalue weighted by Crippen LogP contribution is -2.02. The van der Waals surface area contributed by atoms with Crippen LogP contribution >= 0.6 is 11.3 Å². The number of fused-ring (bicyclic) bond motifs is 1. The Labute approximate surface area is 151 Å². The summed E-state index contributed by atoms with van der Waals surface area (Å²) in [6.07, 6.45) is 3.37. The van der Waals surface area contributed by atoms with E-state index < -0.39 is 6.61 Å². The number of halogens is 2. The number of hydrogen-bond acceptors (Lipinski definition) is 6. The Morgan fingerprint density at radius 2 is 2.00 bits per heavy atom. The highest BCUT2D eigenvalue weighted by atomic mass is 32.1.